The van der Waals surface area contributed by atoms with Gasteiger partial charge in [-0.1, -0.05) is 34.6 Å². The highest BCUT2D eigenvalue weighted by Gasteiger charge is 2.36. The Kier molecular flexibility index (Phi) is 6.96. The number of hydrogen-bond acceptors (Lipinski definition) is 3. The van der Waals surface area contributed by atoms with Crippen LogP contribution >= 0.6 is 0 Å². The second-order valence-corrected chi connectivity index (χ2v) is 7.45. The van der Waals surface area contributed by atoms with Gasteiger partial charge in [0.1, 0.15) is 0 Å². The maximum Gasteiger partial charge on any atom is 0.0254 e. The lowest BCUT2D eigenvalue weighted by Gasteiger charge is -2.37. The molecule has 1 aliphatic rings. The Balaban J connectivity index is 2.62. The first-order valence-electron chi connectivity index (χ1n) is 8.45. The first-order chi connectivity index (χ1) is 9.33. The van der Waals surface area contributed by atoms with E-state index in [0.29, 0.717) is 11.5 Å². The second-order valence-electron chi connectivity index (χ2n) is 7.45. The molecule has 0 spiro atoms. The summed E-state index contributed by atoms with van der Waals surface area (Å²) in [6.07, 6.45) is 2.53. The summed E-state index contributed by atoms with van der Waals surface area (Å²) in [5.74, 6) is 0.787. The molecular weight excluding hydrogens is 246 g/mol. The first kappa shape index (κ1) is 17.9. The van der Waals surface area contributed by atoms with E-state index >= 15 is 0 Å². The lowest BCUT2D eigenvalue weighted by atomic mass is 9.81. The van der Waals surface area contributed by atoms with Crippen LogP contribution < -0.4 is 5.32 Å². The lowest BCUT2D eigenvalue weighted by Crippen LogP contribution is -2.45. The predicted molar refractivity (Wildman–Crippen MR) is 89.2 cm³/mol. The van der Waals surface area contributed by atoms with Gasteiger partial charge >= 0.3 is 0 Å². The molecule has 2 unspecified atom stereocenters. The largest absolute Gasteiger partial charge is 0.314 e. The van der Waals surface area contributed by atoms with Crippen molar-refractivity contribution >= 4 is 0 Å². The quantitative estimate of drug-likeness (QED) is 0.739. The van der Waals surface area contributed by atoms with E-state index in [1.807, 2.05) is 0 Å². The third-order valence-corrected chi connectivity index (χ3v) is 5.26. The molecule has 1 fully saturated rings. The van der Waals surface area contributed by atoms with E-state index in [1.54, 1.807) is 0 Å². The third kappa shape index (κ3) is 4.71. The number of nitrogens with zero attached hydrogens (tertiary/aromatic N) is 2. The van der Waals surface area contributed by atoms with Gasteiger partial charge in [-0.25, -0.2) is 0 Å². The van der Waals surface area contributed by atoms with Crippen LogP contribution in [0.3, 0.4) is 0 Å². The van der Waals surface area contributed by atoms with Crippen LogP contribution in [-0.4, -0.2) is 62.2 Å². The topological polar surface area (TPSA) is 18.5 Å². The Bertz CT molecular complexity index is 271. The highest BCUT2D eigenvalue weighted by atomic mass is 15.2. The molecule has 0 saturated carbocycles. The summed E-state index contributed by atoms with van der Waals surface area (Å²) in [6.45, 7) is 16.5. The molecule has 20 heavy (non-hydrogen) atoms. The van der Waals surface area contributed by atoms with Gasteiger partial charge in [0, 0.05) is 38.3 Å². The fourth-order valence-electron chi connectivity index (χ4n) is 3.52. The van der Waals surface area contributed by atoms with Gasteiger partial charge in [0.15, 0.2) is 0 Å². The predicted octanol–water partition coefficient (Wildman–Crippen LogP) is 2.67. The van der Waals surface area contributed by atoms with Crippen LogP contribution in [0.15, 0.2) is 0 Å². The van der Waals surface area contributed by atoms with Crippen molar-refractivity contribution in [3.8, 4) is 0 Å². The van der Waals surface area contributed by atoms with Crippen LogP contribution in [-0.2, 0) is 0 Å². The summed E-state index contributed by atoms with van der Waals surface area (Å²) in [4.78, 5) is 5.10. The number of likely N-dealkylation sites (N-methyl/N-ethyl adjacent to an activating group) is 1. The van der Waals surface area contributed by atoms with E-state index < -0.39 is 0 Å². The highest BCUT2D eigenvalue weighted by molar-refractivity contribution is 4.91. The average molecular weight is 284 g/mol. The van der Waals surface area contributed by atoms with Gasteiger partial charge in [0.25, 0.3) is 0 Å². The van der Waals surface area contributed by atoms with Crippen LogP contribution in [0.2, 0.25) is 0 Å². The Morgan fingerprint density at radius 3 is 2.20 bits per heavy atom. The maximum absolute atomic E-state index is 3.67. The third-order valence-electron chi connectivity index (χ3n) is 5.26. The summed E-state index contributed by atoms with van der Waals surface area (Å²) < 4.78 is 0. The molecule has 0 bridgehead atoms. The van der Waals surface area contributed by atoms with Crippen molar-refractivity contribution in [1.82, 2.24) is 15.1 Å². The van der Waals surface area contributed by atoms with E-state index in [1.165, 1.54) is 32.5 Å². The Hall–Kier alpha value is -0.120. The molecule has 120 valence electrons. The zero-order chi connectivity index (χ0) is 15.3. The fourth-order valence-corrected chi connectivity index (χ4v) is 3.52. The molecule has 0 aromatic rings. The summed E-state index contributed by atoms with van der Waals surface area (Å²) in [5.41, 5.74) is 0.436. The van der Waals surface area contributed by atoms with Crippen LogP contribution in [0.25, 0.3) is 0 Å². The second kappa shape index (κ2) is 7.77. The summed E-state index contributed by atoms with van der Waals surface area (Å²) in [5, 5.41) is 3.67. The molecule has 0 aromatic carbocycles. The molecule has 3 heteroatoms. The molecule has 0 radical (unpaired) electrons. The Labute approximate surface area is 127 Å². The van der Waals surface area contributed by atoms with Crippen molar-refractivity contribution in [2.75, 3.05) is 40.3 Å². The smallest absolute Gasteiger partial charge is 0.0254 e. The van der Waals surface area contributed by atoms with Gasteiger partial charge < -0.3 is 15.1 Å². The molecule has 3 nitrogen and oxygen atoms in total. The minimum absolute atomic E-state index is 0.436. The zero-order valence-electron chi connectivity index (χ0n) is 14.9. The van der Waals surface area contributed by atoms with Crippen molar-refractivity contribution in [2.24, 2.45) is 11.3 Å². The number of hydrogen-bond donors (Lipinski definition) is 1. The molecule has 1 heterocycles. The van der Waals surface area contributed by atoms with E-state index in [-0.39, 0.29) is 0 Å². The molecule has 0 aliphatic carbocycles. The van der Waals surface area contributed by atoms with Crippen LogP contribution in [0.4, 0.5) is 0 Å². The highest BCUT2D eigenvalue weighted by Crippen LogP contribution is 2.30. The van der Waals surface area contributed by atoms with Gasteiger partial charge in [-0.15, -0.1) is 0 Å². The van der Waals surface area contributed by atoms with Crippen LogP contribution in [0, 0.1) is 11.3 Å². The van der Waals surface area contributed by atoms with E-state index in [2.05, 4.69) is 63.8 Å². The molecule has 1 saturated heterocycles. The standard InChI is InChI=1S/C17H37N3/c1-8-17(9-2,12-18-14(3)4)13-20-10-15(5)16(11-20)19(6)7/h14-16,18H,8-13H2,1-7H3. The number of rotatable bonds is 8. The molecule has 1 N–H and O–H groups in total. The summed E-state index contributed by atoms with van der Waals surface area (Å²) in [6, 6.07) is 1.30. The van der Waals surface area contributed by atoms with Crippen molar-refractivity contribution in [2.45, 2.75) is 59.5 Å². The zero-order valence-corrected chi connectivity index (χ0v) is 14.9. The molecule has 0 aromatic heterocycles. The minimum Gasteiger partial charge on any atom is -0.314 e. The summed E-state index contributed by atoms with van der Waals surface area (Å²) in [7, 11) is 4.44. The molecule has 2 atom stereocenters. The van der Waals surface area contributed by atoms with Gasteiger partial charge in [0.05, 0.1) is 0 Å². The van der Waals surface area contributed by atoms with Crippen molar-refractivity contribution in [3.05, 3.63) is 0 Å². The molecule has 0 amide bonds. The molecule has 1 aliphatic heterocycles. The van der Waals surface area contributed by atoms with Gasteiger partial charge in [-0.2, -0.15) is 0 Å². The fraction of sp³-hybridized carbons (Fsp3) is 1.00. The van der Waals surface area contributed by atoms with Crippen molar-refractivity contribution < 1.29 is 0 Å². The van der Waals surface area contributed by atoms with Gasteiger partial charge in [-0.05, 0) is 38.3 Å². The van der Waals surface area contributed by atoms with Gasteiger partial charge in [-0.3, -0.25) is 0 Å². The molecular formula is C17H37N3. The van der Waals surface area contributed by atoms with E-state index in [0.717, 1.165) is 18.5 Å². The Morgan fingerprint density at radius 1 is 1.20 bits per heavy atom. The van der Waals surface area contributed by atoms with Crippen LogP contribution in [0.1, 0.15) is 47.5 Å². The maximum atomic E-state index is 3.67. The summed E-state index contributed by atoms with van der Waals surface area (Å²) >= 11 is 0. The Morgan fingerprint density at radius 2 is 1.80 bits per heavy atom. The van der Waals surface area contributed by atoms with Gasteiger partial charge in [0.2, 0.25) is 0 Å². The SMILES string of the molecule is CCC(CC)(CNC(C)C)CN1CC(C)C(N(C)C)C1. The van der Waals surface area contributed by atoms with Crippen molar-refractivity contribution in [3.63, 3.8) is 0 Å². The number of nitrogens with one attached hydrogen (secondary N) is 1. The minimum atomic E-state index is 0.436. The monoisotopic (exact) mass is 283 g/mol. The van der Waals surface area contributed by atoms with E-state index in [4.69, 9.17) is 0 Å². The normalized spacial score (nSPS) is 25.1. The van der Waals surface area contributed by atoms with Crippen molar-refractivity contribution in [1.29, 1.82) is 0 Å². The molecule has 1 rings (SSSR count). The first-order valence-corrected chi connectivity index (χ1v) is 8.45. The number of likely N-dealkylation sites (tertiary alicyclic amines) is 1. The average Bonchev–Trinajstić information content (AvgIpc) is 2.75. The lowest BCUT2D eigenvalue weighted by molar-refractivity contribution is 0.144. The van der Waals surface area contributed by atoms with Crippen LogP contribution in [0.5, 0.6) is 0 Å². The van der Waals surface area contributed by atoms with E-state index in [9.17, 15) is 0 Å².